The van der Waals surface area contributed by atoms with Crippen molar-refractivity contribution >= 4 is 15.7 Å². The maximum atomic E-state index is 11.8. The Hall–Kier alpha value is -0.620. The molecular weight excluding hydrogens is 252 g/mol. The number of sulfone groups is 1. The van der Waals surface area contributed by atoms with Crippen LogP contribution in [0.25, 0.3) is 0 Å². The van der Waals surface area contributed by atoms with Crippen LogP contribution >= 0.6 is 0 Å². The normalized spacial score (nSPS) is 16.1. The van der Waals surface area contributed by atoms with Crippen LogP contribution in [0.1, 0.15) is 40.5 Å². The molecular formula is C12H26N2O3S. The van der Waals surface area contributed by atoms with Crippen LogP contribution in [0.2, 0.25) is 0 Å². The molecule has 2 atom stereocenters. The van der Waals surface area contributed by atoms with E-state index < -0.39 is 15.9 Å². The van der Waals surface area contributed by atoms with E-state index >= 15 is 0 Å². The average molecular weight is 278 g/mol. The summed E-state index contributed by atoms with van der Waals surface area (Å²) in [7, 11) is -2.99. The van der Waals surface area contributed by atoms with E-state index in [0.717, 1.165) is 0 Å². The smallest absolute Gasteiger partial charge is 0.237 e. The molecule has 5 nitrogen and oxygen atoms in total. The topological polar surface area (TPSA) is 89.3 Å². The molecule has 0 saturated heterocycles. The van der Waals surface area contributed by atoms with Gasteiger partial charge in [-0.3, -0.25) is 4.79 Å². The molecule has 0 aromatic heterocycles. The monoisotopic (exact) mass is 278 g/mol. The van der Waals surface area contributed by atoms with Crippen molar-refractivity contribution < 1.29 is 13.2 Å². The van der Waals surface area contributed by atoms with Gasteiger partial charge in [-0.25, -0.2) is 8.42 Å². The minimum atomic E-state index is -2.99. The Morgan fingerprint density at radius 3 is 2.22 bits per heavy atom. The highest BCUT2D eigenvalue weighted by molar-refractivity contribution is 7.90. The Labute approximate surface area is 110 Å². The Bertz CT molecular complexity index is 371. The van der Waals surface area contributed by atoms with Crippen LogP contribution < -0.4 is 11.1 Å². The van der Waals surface area contributed by atoms with Crippen molar-refractivity contribution in [3.8, 4) is 0 Å². The first-order chi connectivity index (χ1) is 7.91. The van der Waals surface area contributed by atoms with E-state index in [0.29, 0.717) is 12.8 Å². The molecule has 0 aliphatic carbocycles. The number of hydrogen-bond donors (Lipinski definition) is 2. The number of nitrogens with two attached hydrogens (primary N) is 1. The van der Waals surface area contributed by atoms with Gasteiger partial charge in [-0.2, -0.15) is 0 Å². The van der Waals surface area contributed by atoms with Crippen LogP contribution in [0.4, 0.5) is 0 Å². The van der Waals surface area contributed by atoms with Crippen LogP contribution in [0, 0.1) is 5.41 Å². The molecule has 2 unspecified atom stereocenters. The highest BCUT2D eigenvalue weighted by atomic mass is 32.2. The zero-order chi connectivity index (χ0) is 14.6. The predicted octanol–water partition coefficient (Wildman–Crippen LogP) is 0.689. The van der Waals surface area contributed by atoms with Gasteiger partial charge in [0.25, 0.3) is 0 Å². The first-order valence-corrected chi connectivity index (χ1v) is 8.20. The molecule has 0 heterocycles. The fourth-order valence-electron chi connectivity index (χ4n) is 1.57. The van der Waals surface area contributed by atoms with E-state index in [2.05, 4.69) is 5.32 Å². The lowest BCUT2D eigenvalue weighted by Gasteiger charge is -2.24. The van der Waals surface area contributed by atoms with Gasteiger partial charge < -0.3 is 11.1 Å². The minimum Gasteiger partial charge on any atom is -0.352 e. The maximum absolute atomic E-state index is 11.8. The van der Waals surface area contributed by atoms with Crippen molar-refractivity contribution in [2.75, 3.05) is 12.0 Å². The third kappa shape index (κ3) is 9.41. The summed E-state index contributed by atoms with van der Waals surface area (Å²) in [4.78, 5) is 11.8. The number of carbonyl (C=O) groups excluding carboxylic acids is 1. The van der Waals surface area contributed by atoms with Crippen LogP contribution in [-0.4, -0.2) is 38.4 Å². The van der Waals surface area contributed by atoms with Crippen molar-refractivity contribution in [2.45, 2.75) is 52.6 Å². The molecule has 3 N–H and O–H groups in total. The van der Waals surface area contributed by atoms with Crippen LogP contribution in [0.3, 0.4) is 0 Å². The lowest BCUT2D eigenvalue weighted by Crippen LogP contribution is -2.46. The van der Waals surface area contributed by atoms with Crippen molar-refractivity contribution in [3.05, 3.63) is 0 Å². The third-order valence-electron chi connectivity index (χ3n) is 2.48. The standard InChI is InChI=1S/C12H26N2O3S/c1-9(6-7-18(5,16)17)14-11(15)10(13)8-12(2,3)4/h9-10H,6-8,13H2,1-5H3,(H,14,15). The van der Waals surface area contributed by atoms with Crippen molar-refractivity contribution in [1.29, 1.82) is 0 Å². The van der Waals surface area contributed by atoms with E-state index in [1.807, 2.05) is 20.8 Å². The summed E-state index contributed by atoms with van der Waals surface area (Å²) in [6.07, 6.45) is 2.19. The van der Waals surface area contributed by atoms with Gasteiger partial charge in [0.05, 0.1) is 11.8 Å². The zero-order valence-corrected chi connectivity index (χ0v) is 12.8. The van der Waals surface area contributed by atoms with Crippen LogP contribution in [0.5, 0.6) is 0 Å². The molecule has 0 aromatic rings. The molecule has 108 valence electrons. The molecule has 0 aliphatic heterocycles. The van der Waals surface area contributed by atoms with Crippen molar-refractivity contribution in [2.24, 2.45) is 11.1 Å². The molecule has 0 fully saturated rings. The third-order valence-corrected chi connectivity index (χ3v) is 3.46. The number of carbonyl (C=O) groups is 1. The summed E-state index contributed by atoms with van der Waals surface area (Å²) in [5.74, 6) is -0.144. The first-order valence-electron chi connectivity index (χ1n) is 6.14. The molecule has 0 rings (SSSR count). The van der Waals surface area contributed by atoms with Crippen LogP contribution in [-0.2, 0) is 14.6 Å². The Morgan fingerprint density at radius 1 is 1.33 bits per heavy atom. The molecule has 0 radical (unpaired) electrons. The second-order valence-electron chi connectivity index (χ2n) is 6.20. The molecule has 1 amide bonds. The molecule has 0 saturated carbocycles. The highest BCUT2D eigenvalue weighted by Gasteiger charge is 2.22. The first kappa shape index (κ1) is 17.4. The molecule has 18 heavy (non-hydrogen) atoms. The number of nitrogens with one attached hydrogen (secondary N) is 1. The van der Waals surface area contributed by atoms with Gasteiger partial charge in [0, 0.05) is 12.3 Å². The summed E-state index contributed by atoms with van der Waals surface area (Å²) < 4.78 is 22.0. The van der Waals surface area contributed by atoms with Gasteiger partial charge in [-0.15, -0.1) is 0 Å². The lowest BCUT2D eigenvalue weighted by molar-refractivity contribution is -0.123. The van der Waals surface area contributed by atoms with Gasteiger partial charge in [-0.05, 0) is 25.2 Å². The van der Waals surface area contributed by atoms with E-state index in [9.17, 15) is 13.2 Å². The average Bonchev–Trinajstić information content (AvgIpc) is 2.10. The second kappa shape index (κ2) is 6.52. The second-order valence-corrected chi connectivity index (χ2v) is 8.46. The summed E-state index contributed by atoms with van der Waals surface area (Å²) in [6.45, 7) is 7.85. The number of amides is 1. The molecule has 0 aromatic carbocycles. The molecule has 0 aliphatic rings. The molecule has 0 bridgehead atoms. The largest absolute Gasteiger partial charge is 0.352 e. The van der Waals surface area contributed by atoms with E-state index in [1.54, 1.807) is 6.92 Å². The van der Waals surface area contributed by atoms with E-state index in [4.69, 9.17) is 5.73 Å². The summed E-state index contributed by atoms with van der Waals surface area (Å²) in [6, 6.07) is -0.732. The van der Waals surface area contributed by atoms with E-state index in [1.165, 1.54) is 6.26 Å². The highest BCUT2D eigenvalue weighted by Crippen LogP contribution is 2.19. The van der Waals surface area contributed by atoms with Gasteiger partial charge in [-0.1, -0.05) is 20.8 Å². The molecule has 6 heteroatoms. The summed E-state index contributed by atoms with van der Waals surface area (Å²) in [5, 5.41) is 2.75. The number of hydrogen-bond acceptors (Lipinski definition) is 4. The quantitative estimate of drug-likeness (QED) is 0.748. The predicted molar refractivity (Wildman–Crippen MR) is 74.0 cm³/mol. The Morgan fingerprint density at radius 2 is 1.83 bits per heavy atom. The molecule has 0 spiro atoms. The van der Waals surface area contributed by atoms with Gasteiger partial charge in [0.1, 0.15) is 9.84 Å². The SMILES string of the molecule is CC(CCS(C)(=O)=O)NC(=O)C(N)CC(C)(C)C. The Balaban J connectivity index is 4.15. The summed E-state index contributed by atoms with van der Waals surface area (Å²) in [5.41, 5.74) is 5.80. The fraction of sp³-hybridized carbons (Fsp3) is 0.917. The van der Waals surface area contributed by atoms with Crippen molar-refractivity contribution in [1.82, 2.24) is 5.32 Å². The van der Waals surface area contributed by atoms with Gasteiger partial charge in [0.2, 0.25) is 5.91 Å². The lowest BCUT2D eigenvalue weighted by atomic mass is 9.88. The Kier molecular flexibility index (Phi) is 6.29. The van der Waals surface area contributed by atoms with Gasteiger partial charge >= 0.3 is 0 Å². The fourth-order valence-corrected chi connectivity index (χ4v) is 2.35. The minimum absolute atomic E-state index is 0.00719. The van der Waals surface area contributed by atoms with E-state index in [-0.39, 0.29) is 23.1 Å². The zero-order valence-electron chi connectivity index (χ0n) is 12.0. The number of rotatable bonds is 6. The summed E-state index contributed by atoms with van der Waals surface area (Å²) >= 11 is 0. The van der Waals surface area contributed by atoms with Gasteiger partial charge in [0.15, 0.2) is 0 Å². The van der Waals surface area contributed by atoms with Crippen molar-refractivity contribution in [3.63, 3.8) is 0 Å². The van der Waals surface area contributed by atoms with Crippen LogP contribution in [0.15, 0.2) is 0 Å². The maximum Gasteiger partial charge on any atom is 0.237 e.